The van der Waals surface area contributed by atoms with E-state index in [4.69, 9.17) is 9.47 Å². The van der Waals surface area contributed by atoms with Gasteiger partial charge in [0.05, 0.1) is 5.39 Å². The summed E-state index contributed by atoms with van der Waals surface area (Å²) in [4.78, 5) is 25.0. The maximum absolute atomic E-state index is 12.5. The van der Waals surface area contributed by atoms with Crippen molar-refractivity contribution in [2.75, 3.05) is 12.1 Å². The molecular weight excluding hydrogens is 324 g/mol. The lowest BCUT2D eigenvalue weighted by Crippen LogP contribution is -2.34. The van der Waals surface area contributed by atoms with Gasteiger partial charge in [0, 0.05) is 11.8 Å². The molecule has 0 saturated heterocycles. The van der Waals surface area contributed by atoms with Gasteiger partial charge >= 0.3 is 0 Å². The Bertz CT molecular complexity index is 1030. The fourth-order valence-electron chi connectivity index (χ4n) is 2.59. The Labute approximate surface area is 142 Å². The van der Waals surface area contributed by atoms with Crippen molar-refractivity contribution in [3.05, 3.63) is 52.8 Å². The first-order valence-electron chi connectivity index (χ1n) is 7.68. The van der Waals surface area contributed by atoms with Crippen LogP contribution < -0.4 is 20.3 Å². The zero-order valence-electron chi connectivity index (χ0n) is 13.3. The first kappa shape index (κ1) is 15.1. The second-order valence-electron chi connectivity index (χ2n) is 5.59. The molecular formula is C17H14N4O4. The fourth-order valence-corrected chi connectivity index (χ4v) is 2.59. The summed E-state index contributed by atoms with van der Waals surface area (Å²) >= 11 is 0. The molecule has 1 aliphatic rings. The lowest BCUT2D eigenvalue weighted by Gasteiger charge is -2.14. The summed E-state index contributed by atoms with van der Waals surface area (Å²) in [6.45, 7) is 1.75. The number of nitrogens with one attached hydrogen (secondary N) is 1. The molecule has 1 aromatic heterocycles. The molecule has 0 fully saturated rings. The molecule has 1 atom stereocenters. The predicted octanol–water partition coefficient (Wildman–Crippen LogP) is 1.72. The number of fused-ring (bicyclic) bond motifs is 2. The Morgan fingerprint density at radius 1 is 1.20 bits per heavy atom. The SMILES string of the molecule is C[C@@H](C(=O)Nc1ccc2c(c1)OCO2)n1nnc2ccccc2c1=O. The molecule has 3 aromatic rings. The van der Waals surface area contributed by atoms with Crippen LogP contribution in [0.15, 0.2) is 47.3 Å². The lowest BCUT2D eigenvalue weighted by molar-refractivity contribution is -0.119. The van der Waals surface area contributed by atoms with Crippen LogP contribution in [0, 0.1) is 0 Å². The van der Waals surface area contributed by atoms with Crippen molar-refractivity contribution in [2.45, 2.75) is 13.0 Å². The van der Waals surface area contributed by atoms with Gasteiger partial charge in [-0.3, -0.25) is 9.59 Å². The van der Waals surface area contributed by atoms with Crippen molar-refractivity contribution in [1.29, 1.82) is 0 Å². The summed E-state index contributed by atoms with van der Waals surface area (Å²) in [6.07, 6.45) is 0. The zero-order valence-corrected chi connectivity index (χ0v) is 13.3. The second-order valence-corrected chi connectivity index (χ2v) is 5.59. The van der Waals surface area contributed by atoms with Crippen LogP contribution in [0.3, 0.4) is 0 Å². The monoisotopic (exact) mass is 338 g/mol. The molecule has 8 heteroatoms. The van der Waals surface area contributed by atoms with Crippen LogP contribution in [0.25, 0.3) is 10.9 Å². The van der Waals surface area contributed by atoms with Gasteiger partial charge in [0.25, 0.3) is 5.56 Å². The minimum absolute atomic E-state index is 0.158. The maximum Gasteiger partial charge on any atom is 0.278 e. The van der Waals surface area contributed by atoms with E-state index in [0.29, 0.717) is 28.1 Å². The zero-order chi connectivity index (χ0) is 17.4. The first-order chi connectivity index (χ1) is 12.1. The van der Waals surface area contributed by atoms with Crippen molar-refractivity contribution in [3.8, 4) is 11.5 Å². The van der Waals surface area contributed by atoms with Crippen LogP contribution >= 0.6 is 0 Å². The highest BCUT2D eigenvalue weighted by atomic mass is 16.7. The number of rotatable bonds is 3. The highest BCUT2D eigenvalue weighted by Gasteiger charge is 2.20. The van der Waals surface area contributed by atoms with E-state index in [1.54, 1.807) is 49.4 Å². The van der Waals surface area contributed by atoms with E-state index in [-0.39, 0.29) is 18.3 Å². The second kappa shape index (κ2) is 5.90. The number of hydrogen-bond donors (Lipinski definition) is 1. The quantitative estimate of drug-likeness (QED) is 0.781. The molecule has 0 bridgehead atoms. The number of carbonyl (C=O) groups is 1. The smallest absolute Gasteiger partial charge is 0.278 e. The Hall–Kier alpha value is -3.42. The van der Waals surface area contributed by atoms with E-state index in [9.17, 15) is 9.59 Å². The van der Waals surface area contributed by atoms with Gasteiger partial charge in [0.15, 0.2) is 11.5 Å². The molecule has 0 spiro atoms. The van der Waals surface area contributed by atoms with E-state index in [1.807, 2.05) is 0 Å². The molecule has 4 rings (SSSR count). The first-order valence-corrected chi connectivity index (χ1v) is 7.68. The highest BCUT2D eigenvalue weighted by molar-refractivity contribution is 5.93. The van der Waals surface area contributed by atoms with Crippen LogP contribution in [0.2, 0.25) is 0 Å². The van der Waals surface area contributed by atoms with E-state index in [2.05, 4.69) is 15.6 Å². The average molecular weight is 338 g/mol. The number of aromatic nitrogens is 3. The third-order valence-corrected chi connectivity index (χ3v) is 3.98. The molecule has 0 unspecified atom stereocenters. The molecule has 126 valence electrons. The van der Waals surface area contributed by atoms with Crippen molar-refractivity contribution < 1.29 is 14.3 Å². The van der Waals surface area contributed by atoms with Gasteiger partial charge in [-0.05, 0) is 31.2 Å². The number of amides is 1. The molecule has 2 aromatic carbocycles. The Kier molecular flexibility index (Phi) is 3.57. The minimum atomic E-state index is -0.824. The van der Waals surface area contributed by atoms with Gasteiger partial charge in [0.2, 0.25) is 12.7 Å². The summed E-state index contributed by atoms with van der Waals surface area (Å²) in [6, 6.07) is 11.1. The van der Waals surface area contributed by atoms with Crippen LogP contribution in [-0.2, 0) is 4.79 Å². The number of anilines is 1. The number of hydrogen-bond acceptors (Lipinski definition) is 6. The molecule has 0 radical (unpaired) electrons. The summed E-state index contributed by atoms with van der Waals surface area (Å²) < 4.78 is 11.6. The molecule has 0 saturated carbocycles. The van der Waals surface area contributed by atoms with Crippen LogP contribution in [-0.4, -0.2) is 27.7 Å². The summed E-state index contributed by atoms with van der Waals surface area (Å²) in [5.41, 5.74) is 0.675. The van der Waals surface area contributed by atoms with Crippen LogP contribution in [0.1, 0.15) is 13.0 Å². The Balaban J connectivity index is 1.60. The largest absolute Gasteiger partial charge is 0.454 e. The van der Waals surface area contributed by atoms with Crippen LogP contribution in [0.4, 0.5) is 5.69 Å². The number of benzene rings is 2. The van der Waals surface area contributed by atoms with Crippen molar-refractivity contribution in [1.82, 2.24) is 15.0 Å². The van der Waals surface area contributed by atoms with E-state index >= 15 is 0 Å². The van der Waals surface area contributed by atoms with Crippen LogP contribution in [0.5, 0.6) is 11.5 Å². The van der Waals surface area contributed by atoms with Crippen molar-refractivity contribution >= 4 is 22.5 Å². The third-order valence-electron chi connectivity index (χ3n) is 3.98. The van der Waals surface area contributed by atoms with Crippen molar-refractivity contribution in [3.63, 3.8) is 0 Å². The molecule has 2 heterocycles. The van der Waals surface area contributed by atoms with Gasteiger partial charge in [-0.1, -0.05) is 17.3 Å². The molecule has 8 nitrogen and oxygen atoms in total. The molecule has 25 heavy (non-hydrogen) atoms. The van der Waals surface area contributed by atoms with E-state index in [0.717, 1.165) is 4.68 Å². The predicted molar refractivity (Wildman–Crippen MR) is 89.7 cm³/mol. The van der Waals surface area contributed by atoms with Gasteiger partial charge in [-0.15, -0.1) is 5.10 Å². The summed E-state index contributed by atoms with van der Waals surface area (Å²) in [5, 5.41) is 11.0. The standard InChI is InChI=1S/C17H14N4O4/c1-10(21-17(23)12-4-2-3-5-13(12)19-20-21)16(22)18-11-6-7-14-15(8-11)25-9-24-14/h2-8,10H,9H2,1H3,(H,18,22)/t10-/m0/s1. The number of ether oxygens (including phenoxy) is 2. The van der Waals surface area contributed by atoms with Gasteiger partial charge in [-0.2, -0.15) is 4.68 Å². The van der Waals surface area contributed by atoms with Gasteiger partial charge in [0.1, 0.15) is 11.6 Å². The molecule has 1 N–H and O–H groups in total. The molecule has 1 aliphatic heterocycles. The van der Waals surface area contributed by atoms with E-state index in [1.165, 1.54) is 0 Å². The lowest BCUT2D eigenvalue weighted by atomic mass is 10.2. The average Bonchev–Trinajstić information content (AvgIpc) is 3.09. The summed E-state index contributed by atoms with van der Waals surface area (Å²) in [5.74, 6) is 0.807. The van der Waals surface area contributed by atoms with Crippen molar-refractivity contribution in [2.24, 2.45) is 0 Å². The summed E-state index contributed by atoms with van der Waals surface area (Å²) in [7, 11) is 0. The third kappa shape index (κ3) is 2.67. The topological polar surface area (TPSA) is 95.3 Å². The molecule has 0 aliphatic carbocycles. The minimum Gasteiger partial charge on any atom is -0.454 e. The van der Waals surface area contributed by atoms with Gasteiger partial charge < -0.3 is 14.8 Å². The Morgan fingerprint density at radius 2 is 2.00 bits per heavy atom. The number of nitrogens with zero attached hydrogens (tertiary/aromatic N) is 3. The van der Waals surface area contributed by atoms with E-state index < -0.39 is 6.04 Å². The number of carbonyl (C=O) groups excluding carboxylic acids is 1. The Morgan fingerprint density at radius 3 is 2.88 bits per heavy atom. The fraction of sp³-hybridized carbons (Fsp3) is 0.176. The normalized spacial score (nSPS) is 13.6. The van der Waals surface area contributed by atoms with Gasteiger partial charge in [-0.25, -0.2) is 0 Å². The highest BCUT2D eigenvalue weighted by Crippen LogP contribution is 2.34. The maximum atomic E-state index is 12.5. The molecule has 1 amide bonds.